The van der Waals surface area contributed by atoms with Crippen molar-refractivity contribution in [3.63, 3.8) is 0 Å². The average molecular weight is 470 g/mol. The lowest BCUT2D eigenvalue weighted by atomic mass is 9.89. The van der Waals surface area contributed by atoms with Gasteiger partial charge in [-0.3, -0.25) is 14.5 Å². The van der Waals surface area contributed by atoms with Crippen molar-refractivity contribution in [1.29, 1.82) is 0 Å². The number of piperidine rings is 1. The maximum atomic E-state index is 12.6. The van der Waals surface area contributed by atoms with Crippen molar-refractivity contribution in [3.05, 3.63) is 75.8 Å². The highest BCUT2D eigenvalue weighted by Crippen LogP contribution is 2.25. The summed E-state index contributed by atoms with van der Waals surface area (Å²) in [6.45, 7) is 1.66. The van der Waals surface area contributed by atoms with Gasteiger partial charge in [-0.15, -0.1) is 11.3 Å². The van der Waals surface area contributed by atoms with Gasteiger partial charge in [0.25, 0.3) is 0 Å². The van der Waals surface area contributed by atoms with E-state index >= 15 is 0 Å². The number of nitrogens with one attached hydrogen (secondary N) is 1. The number of benzene rings is 2. The SMILES string of the molecule is O=C(CN1CCC(C(=O)c2ccc(O)cc2)CC1)Nc1ncc(Cc2ccccc2Cl)s1. The number of nitrogens with zero attached hydrogens (tertiary/aromatic N) is 2. The molecule has 32 heavy (non-hydrogen) atoms. The van der Waals surface area contributed by atoms with E-state index in [2.05, 4.69) is 15.2 Å². The fourth-order valence-corrected chi connectivity index (χ4v) is 4.91. The number of hydrogen-bond donors (Lipinski definition) is 2. The lowest BCUT2D eigenvalue weighted by Crippen LogP contribution is -2.40. The standard InChI is InChI=1S/C24H24ClN3O3S/c25-21-4-2-1-3-18(21)13-20-14-26-24(32-20)27-22(30)15-28-11-9-17(10-12-28)23(31)16-5-7-19(29)8-6-16/h1-8,14,17,29H,9-13,15H2,(H,26,27,30). The van der Waals surface area contributed by atoms with Crippen LogP contribution in [-0.4, -0.2) is 46.3 Å². The number of thiazole rings is 1. The summed E-state index contributed by atoms with van der Waals surface area (Å²) in [6, 6.07) is 14.1. The van der Waals surface area contributed by atoms with Crippen LogP contribution in [0.15, 0.2) is 54.7 Å². The summed E-state index contributed by atoms with van der Waals surface area (Å²) in [4.78, 5) is 32.5. The highest BCUT2D eigenvalue weighted by atomic mass is 35.5. The number of carbonyl (C=O) groups is 2. The minimum absolute atomic E-state index is 0.0508. The molecule has 3 aromatic rings. The number of rotatable bonds is 7. The summed E-state index contributed by atoms with van der Waals surface area (Å²) in [7, 11) is 0. The minimum Gasteiger partial charge on any atom is -0.508 e. The number of aromatic nitrogens is 1. The normalized spacial score (nSPS) is 14.9. The number of aromatic hydroxyl groups is 1. The molecule has 6 nitrogen and oxygen atoms in total. The summed E-state index contributed by atoms with van der Waals surface area (Å²) in [6.07, 6.45) is 3.87. The summed E-state index contributed by atoms with van der Waals surface area (Å²) in [5.41, 5.74) is 1.65. The van der Waals surface area contributed by atoms with E-state index in [-0.39, 0.29) is 29.9 Å². The van der Waals surface area contributed by atoms with E-state index in [1.807, 2.05) is 24.3 Å². The van der Waals surface area contributed by atoms with Crippen LogP contribution in [0, 0.1) is 5.92 Å². The zero-order valence-electron chi connectivity index (χ0n) is 17.5. The minimum atomic E-state index is -0.105. The number of Topliss-reactive ketones (excluding diaryl/α,β-unsaturated/α-hetero) is 1. The number of amides is 1. The van der Waals surface area contributed by atoms with Crippen LogP contribution < -0.4 is 5.32 Å². The van der Waals surface area contributed by atoms with E-state index in [0.717, 1.165) is 15.5 Å². The molecule has 1 aromatic heterocycles. The number of ketones is 1. The van der Waals surface area contributed by atoms with Gasteiger partial charge in [-0.1, -0.05) is 29.8 Å². The summed E-state index contributed by atoms with van der Waals surface area (Å²) < 4.78 is 0. The van der Waals surface area contributed by atoms with Gasteiger partial charge in [0.2, 0.25) is 5.91 Å². The second-order valence-electron chi connectivity index (χ2n) is 7.91. The Morgan fingerprint density at radius 2 is 1.84 bits per heavy atom. The van der Waals surface area contributed by atoms with Crippen LogP contribution in [0.1, 0.15) is 33.6 Å². The molecule has 0 atom stereocenters. The van der Waals surface area contributed by atoms with E-state index in [1.54, 1.807) is 18.3 Å². The summed E-state index contributed by atoms with van der Waals surface area (Å²) >= 11 is 7.67. The van der Waals surface area contributed by atoms with Crippen LogP contribution in [0.2, 0.25) is 5.02 Å². The van der Waals surface area contributed by atoms with Gasteiger partial charge in [0, 0.05) is 34.0 Å². The highest BCUT2D eigenvalue weighted by molar-refractivity contribution is 7.15. The van der Waals surface area contributed by atoms with Crippen molar-refractivity contribution >= 4 is 39.8 Å². The van der Waals surface area contributed by atoms with Crippen molar-refractivity contribution in [2.45, 2.75) is 19.3 Å². The molecule has 166 valence electrons. The van der Waals surface area contributed by atoms with Crippen molar-refractivity contribution in [3.8, 4) is 5.75 Å². The molecule has 1 saturated heterocycles. The van der Waals surface area contributed by atoms with Crippen molar-refractivity contribution in [2.24, 2.45) is 5.92 Å². The van der Waals surface area contributed by atoms with Gasteiger partial charge in [0.05, 0.1) is 6.54 Å². The predicted molar refractivity (Wildman–Crippen MR) is 127 cm³/mol. The quantitative estimate of drug-likeness (QED) is 0.493. The third kappa shape index (κ3) is 5.73. The van der Waals surface area contributed by atoms with Crippen LogP contribution in [0.4, 0.5) is 5.13 Å². The fraction of sp³-hybridized carbons (Fsp3) is 0.292. The maximum absolute atomic E-state index is 12.6. The molecule has 0 unspecified atom stereocenters. The molecule has 2 aromatic carbocycles. The maximum Gasteiger partial charge on any atom is 0.240 e. The van der Waals surface area contributed by atoms with Gasteiger partial charge >= 0.3 is 0 Å². The first-order valence-electron chi connectivity index (χ1n) is 10.5. The number of hydrogen-bond acceptors (Lipinski definition) is 6. The van der Waals surface area contributed by atoms with Gasteiger partial charge < -0.3 is 10.4 Å². The summed E-state index contributed by atoms with van der Waals surface area (Å²) in [5, 5.41) is 13.6. The van der Waals surface area contributed by atoms with Gasteiger partial charge in [0.1, 0.15) is 5.75 Å². The molecule has 4 rings (SSSR count). The lowest BCUT2D eigenvalue weighted by molar-refractivity contribution is -0.117. The Balaban J connectivity index is 1.24. The molecule has 2 N–H and O–H groups in total. The first-order chi connectivity index (χ1) is 15.5. The third-order valence-electron chi connectivity index (χ3n) is 5.60. The van der Waals surface area contributed by atoms with Gasteiger partial charge in [-0.25, -0.2) is 4.98 Å². The monoisotopic (exact) mass is 469 g/mol. The Hall–Kier alpha value is -2.74. The second kappa shape index (κ2) is 10.3. The van der Waals surface area contributed by atoms with Crippen molar-refractivity contribution in [1.82, 2.24) is 9.88 Å². The van der Waals surface area contributed by atoms with Gasteiger partial charge in [-0.2, -0.15) is 0 Å². The fourth-order valence-electron chi connectivity index (χ4n) is 3.85. The average Bonchev–Trinajstić information content (AvgIpc) is 3.22. The van der Waals surface area contributed by atoms with Crippen LogP contribution in [0.5, 0.6) is 5.75 Å². The Morgan fingerprint density at radius 1 is 1.12 bits per heavy atom. The molecule has 0 bridgehead atoms. The molecule has 1 aliphatic rings. The molecule has 0 spiro atoms. The van der Waals surface area contributed by atoms with Crippen LogP contribution >= 0.6 is 22.9 Å². The molecule has 1 fully saturated rings. The molecule has 2 heterocycles. The Kier molecular flexibility index (Phi) is 7.19. The van der Waals surface area contributed by atoms with Gasteiger partial charge in [-0.05, 0) is 61.8 Å². The van der Waals surface area contributed by atoms with Crippen LogP contribution in [0.3, 0.4) is 0 Å². The van der Waals surface area contributed by atoms with E-state index < -0.39 is 0 Å². The smallest absolute Gasteiger partial charge is 0.240 e. The van der Waals surface area contributed by atoms with E-state index in [0.29, 0.717) is 43.0 Å². The molecule has 0 saturated carbocycles. The number of carbonyl (C=O) groups excluding carboxylic acids is 2. The van der Waals surface area contributed by atoms with Crippen molar-refractivity contribution in [2.75, 3.05) is 25.0 Å². The van der Waals surface area contributed by atoms with Crippen LogP contribution in [0.25, 0.3) is 0 Å². The number of halogens is 1. The second-order valence-corrected chi connectivity index (χ2v) is 9.43. The van der Waals surface area contributed by atoms with E-state index in [4.69, 9.17) is 11.6 Å². The lowest BCUT2D eigenvalue weighted by Gasteiger charge is -2.30. The first-order valence-corrected chi connectivity index (χ1v) is 11.7. The number of anilines is 1. The van der Waals surface area contributed by atoms with Crippen molar-refractivity contribution < 1.29 is 14.7 Å². The highest BCUT2D eigenvalue weighted by Gasteiger charge is 2.26. The Bertz CT molecular complexity index is 1090. The van der Waals surface area contributed by atoms with E-state index in [9.17, 15) is 14.7 Å². The largest absolute Gasteiger partial charge is 0.508 e. The Morgan fingerprint density at radius 3 is 2.56 bits per heavy atom. The summed E-state index contributed by atoms with van der Waals surface area (Å²) in [5.74, 6) is 0.0960. The molecular formula is C24H24ClN3O3S. The topological polar surface area (TPSA) is 82.5 Å². The third-order valence-corrected chi connectivity index (χ3v) is 6.88. The van der Waals surface area contributed by atoms with Gasteiger partial charge in [0.15, 0.2) is 10.9 Å². The number of likely N-dealkylation sites (tertiary alicyclic amines) is 1. The molecule has 0 aliphatic carbocycles. The number of phenols is 1. The van der Waals surface area contributed by atoms with E-state index in [1.165, 1.54) is 23.5 Å². The zero-order valence-corrected chi connectivity index (χ0v) is 19.0. The molecule has 1 amide bonds. The first kappa shape index (κ1) is 22.5. The molecule has 8 heteroatoms. The molecule has 1 aliphatic heterocycles. The predicted octanol–water partition coefficient (Wildman–Crippen LogP) is 4.63. The molecule has 0 radical (unpaired) electrons. The Labute approximate surface area is 195 Å². The number of phenolic OH excluding ortho intramolecular Hbond substituents is 1. The van der Waals surface area contributed by atoms with Crippen LogP contribution in [-0.2, 0) is 11.2 Å². The zero-order chi connectivity index (χ0) is 22.5. The molecular weight excluding hydrogens is 446 g/mol.